The van der Waals surface area contributed by atoms with Crippen molar-refractivity contribution in [1.82, 2.24) is 19.7 Å². The molecular formula is C24H22FN5O3. The number of hydrogen-bond acceptors (Lipinski definition) is 5. The molecule has 0 bridgehead atoms. The minimum atomic E-state index is -0.999. The summed E-state index contributed by atoms with van der Waals surface area (Å²) < 4.78 is 21.4. The molecule has 0 radical (unpaired) electrons. The summed E-state index contributed by atoms with van der Waals surface area (Å²) in [5.74, 6) is -1.57. The van der Waals surface area contributed by atoms with Gasteiger partial charge in [-0.1, -0.05) is 13.8 Å². The van der Waals surface area contributed by atoms with Crippen LogP contribution in [-0.2, 0) is 14.9 Å². The van der Waals surface area contributed by atoms with Crippen LogP contribution in [0.1, 0.15) is 43.9 Å². The van der Waals surface area contributed by atoms with E-state index in [-0.39, 0.29) is 24.8 Å². The van der Waals surface area contributed by atoms with Gasteiger partial charge in [0.2, 0.25) is 0 Å². The normalized spacial score (nSPS) is 18.7. The van der Waals surface area contributed by atoms with Crippen LogP contribution >= 0.6 is 0 Å². The van der Waals surface area contributed by atoms with Gasteiger partial charge >= 0.3 is 5.97 Å². The second-order valence-corrected chi connectivity index (χ2v) is 9.05. The number of ether oxygens (including phenoxy) is 1. The molecule has 2 N–H and O–H groups in total. The summed E-state index contributed by atoms with van der Waals surface area (Å²) in [5, 5.41) is 26.9. The van der Waals surface area contributed by atoms with Crippen molar-refractivity contribution in [3.8, 4) is 11.8 Å². The molecule has 0 saturated carbocycles. The molecule has 168 valence electrons. The van der Waals surface area contributed by atoms with E-state index in [0.29, 0.717) is 17.6 Å². The molecule has 1 aliphatic rings. The van der Waals surface area contributed by atoms with Gasteiger partial charge in [0.1, 0.15) is 5.82 Å². The molecule has 2 unspecified atom stereocenters. The maximum Gasteiger partial charge on any atom is 0.332 e. The highest BCUT2D eigenvalue weighted by atomic mass is 19.1. The molecule has 4 aromatic rings. The first-order valence-corrected chi connectivity index (χ1v) is 10.7. The average molecular weight is 447 g/mol. The Morgan fingerprint density at radius 2 is 2.15 bits per heavy atom. The standard InChI is InChI=1S/C24H22FN5O3/c1-24(2,7-8-26)21-19(14-10-18(23(31)32)33-12-14)20-17(9-13-11-27-29-22(13)28-20)30(21)16-5-3-15(25)4-6-16/h3-6,9,11,14,18H,7,10,12H2,1-2H3,(H,31,32)(H,27,28,29). The number of fused-ring (bicyclic) bond motifs is 2. The zero-order valence-corrected chi connectivity index (χ0v) is 18.2. The fourth-order valence-corrected chi connectivity index (χ4v) is 4.78. The van der Waals surface area contributed by atoms with E-state index in [9.17, 15) is 19.6 Å². The number of carboxylic acids is 1. The molecule has 1 aromatic carbocycles. The third-order valence-corrected chi connectivity index (χ3v) is 6.31. The Hall–Kier alpha value is -3.77. The van der Waals surface area contributed by atoms with E-state index in [1.165, 1.54) is 12.1 Å². The van der Waals surface area contributed by atoms with Crippen molar-refractivity contribution in [3.05, 3.63) is 53.6 Å². The number of nitrogens with one attached hydrogen (secondary N) is 1. The van der Waals surface area contributed by atoms with Crippen LogP contribution in [0.15, 0.2) is 36.5 Å². The van der Waals surface area contributed by atoms with Crippen molar-refractivity contribution in [2.24, 2.45) is 0 Å². The number of aliphatic carboxylic acids is 1. The number of nitrogens with zero attached hydrogens (tertiary/aromatic N) is 4. The second kappa shape index (κ2) is 7.67. The predicted molar refractivity (Wildman–Crippen MR) is 119 cm³/mol. The number of rotatable bonds is 5. The molecule has 5 rings (SSSR count). The number of carbonyl (C=O) groups is 1. The summed E-state index contributed by atoms with van der Waals surface area (Å²) in [4.78, 5) is 16.4. The number of aromatic amines is 1. The fraction of sp³-hybridized carbons (Fsp3) is 0.333. The average Bonchev–Trinajstić information content (AvgIpc) is 3.49. The van der Waals surface area contributed by atoms with Gasteiger partial charge in [-0.3, -0.25) is 5.10 Å². The minimum absolute atomic E-state index is 0.226. The zero-order valence-electron chi connectivity index (χ0n) is 18.2. The van der Waals surface area contributed by atoms with E-state index >= 15 is 0 Å². The van der Waals surface area contributed by atoms with Gasteiger partial charge < -0.3 is 14.4 Å². The van der Waals surface area contributed by atoms with E-state index in [4.69, 9.17) is 9.72 Å². The first-order chi connectivity index (χ1) is 15.8. The molecule has 8 nitrogen and oxygen atoms in total. The highest BCUT2D eigenvalue weighted by molar-refractivity contribution is 5.94. The Morgan fingerprint density at radius 3 is 2.82 bits per heavy atom. The molecule has 2 atom stereocenters. The lowest BCUT2D eigenvalue weighted by molar-refractivity contribution is -0.147. The van der Waals surface area contributed by atoms with Gasteiger partial charge in [-0.05, 0) is 36.8 Å². The summed E-state index contributed by atoms with van der Waals surface area (Å²) in [6, 6.07) is 10.4. The van der Waals surface area contributed by atoms with Gasteiger partial charge in [0.15, 0.2) is 11.8 Å². The van der Waals surface area contributed by atoms with Crippen LogP contribution in [0.4, 0.5) is 4.39 Å². The Labute approximate surface area is 188 Å². The third kappa shape index (κ3) is 3.43. The number of nitriles is 1. The van der Waals surface area contributed by atoms with Crippen LogP contribution in [0.2, 0.25) is 0 Å². The van der Waals surface area contributed by atoms with Crippen LogP contribution in [0, 0.1) is 17.1 Å². The number of carboxylic acid groups (broad SMARTS) is 1. The third-order valence-electron chi connectivity index (χ3n) is 6.31. The molecule has 0 spiro atoms. The maximum absolute atomic E-state index is 13.8. The molecule has 1 fully saturated rings. The van der Waals surface area contributed by atoms with Crippen molar-refractivity contribution >= 4 is 28.0 Å². The van der Waals surface area contributed by atoms with E-state index in [1.54, 1.807) is 18.3 Å². The number of aromatic nitrogens is 4. The molecule has 0 amide bonds. The van der Waals surface area contributed by atoms with Gasteiger partial charge in [-0.25, -0.2) is 14.2 Å². The summed E-state index contributed by atoms with van der Waals surface area (Å²) >= 11 is 0. The van der Waals surface area contributed by atoms with E-state index in [0.717, 1.165) is 27.8 Å². The number of benzene rings is 1. The Kier molecular flexibility index (Phi) is 4.91. The zero-order chi connectivity index (χ0) is 23.3. The summed E-state index contributed by atoms with van der Waals surface area (Å²) in [6.07, 6.45) is 1.31. The molecule has 9 heteroatoms. The van der Waals surface area contributed by atoms with Crippen molar-refractivity contribution in [1.29, 1.82) is 5.26 Å². The van der Waals surface area contributed by atoms with Crippen LogP contribution in [-0.4, -0.2) is 43.5 Å². The van der Waals surface area contributed by atoms with Crippen molar-refractivity contribution in [2.75, 3.05) is 6.61 Å². The van der Waals surface area contributed by atoms with Crippen LogP contribution < -0.4 is 0 Å². The van der Waals surface area contributed by atoms with Gasteiger partial charge in [0, 0.05) is 40.1 Å². The lowest BCUT2D eigenvalue weighted by atomic mass is 9.80. The van der Waals surface area contributed by atoms with Crippen molar-refractivity contribution in [3.63, 3.8) is 0 Å². The van der Waals surface area contributed by atoms with Gasteiger partial charge in [0.05, 0.1) is 29.9 Å². The first kappa shape index (κ1) is 21.1. The van der Waals surface area contributed by atoms with Gasteiger partial charge in [-0.15, -0.1) is 0 Å². The molecule has 1 saturated heterocycles. The number of pyridine rings is 1. The van der Waals surface area contributed by atoms with E-state index < -0.39 is 17.5 Å². The molecule has 33 heavy (non-hydrogen) atoms. The number of H-pyrrole nitrogens is 1. The largest absolute Gasteiger partial charge is 0.479 e. The van der Waals surface area contributed by atoms with Gasteiger partial charge in [0.25, 0.3) is 0 Å². The quantitative estimate of drug-likeness (QED) is 0.474. The number of hydrogen-bond donors (Lipinski definition) is 2. The van der Waals surface area contributed by atoms with Crippen LogP contribution in [0.3, 0.4) is 0 Å². The summed E-state index contributed by atoms with van der Waals surface area (Å²) in [5.41, 5.74) is 3.91. The molecule has 0 aliphatic carbocycles. The minimum Gasteiger partial charge on any atom is -0.479 e. The van der Waals surface area contributed by atoms with Crippen LogP contribution in [0.5, 0.6) is 0 Å². The monoisotopic (exact) mass is 447 g/mol. The molecule has 4 heterocycles. The van der Waals surface area contributed by atoms with Crippen molar-refractivity contribution in [2.45, 2.75) is 44.1 Å². The molecule has 1 aliphatic heterocycles. The lowest BCUT2D eigenvalue weighted by Gasteiger charge is -2.27. The highest BCUT2D eigenvalue weighted by Gasteiger charge is 2.40. The Bertz CT molecular complexity index is 1410. The summed E-state index contributed by atoms with van der Waals surface area (Å²) in [7, 11) is 0. The first-order valence-electron chi connectivity index (χ1n) is 10.7. The molecule has 3 aromatic heterocycles. The number of halogens is 1. The smallest absolute Gasteiger partial charge is 0.332 e. The lowest BCUT2D eigenvalue weighted by Crippen LogP contribution is -2.24. The summed E-state index contributed by atoms with van der Waals surface area (Å²) in [6.45, 7) is 4.19. The topological polar surface area (TPSA) is 117 Å². The Morgan fingerprint density at radius 1 is 1.39 bits per heavy atom. The van der Waals surface area contributed by atoms with Crippen molar-refractivity contribution < 1.29 is 19.0 Å². The second-order valence-electron chi connectivity index (χ2n) is 9.05. The maximum atomic E-state index is 13.8. The Balaban J connectivity index is 1.87. The SMILES string of the molecule is CC(C)(CC#N)c1c(C2COC(C(=O)O)C2)c2nc3[nH]ncc3cc2n1-c1ccc(F)cc1. The van der Waals surface area contributed by atoms with Gasteiger partial charge in [-0.2, -0.15) is 10.4 Å². The van der Waals surface area contributed by atoms with E-state index in [2.05, 4.69) is 16.3 Å². The predicted octanol–water partition coefficient (Wildman–Crippen LogP) is 4.19. The van der Waals surface area contributed by atoms with Crippen LogP contribution in [0.25, 0.3) is 27.8 Å². The molecular weight excluding hydrogens is 425 g/mol. The van der Waals surface area contributed by atoms with E-state index in [1.807, 2.05) is 24.5 Å². The highest BCUT2D eigenvalue weighted by Crippen LogP contribution is 2.45. The fourth-order valence-electron chi connectivity index (χ4n) is 4.78.